The van der Waals surface area contributed by atoms with Crippen molar-refractivity contribution in [1.82, 2.24) is 9.97 Å². The molecular weight excluding hydrogens is 214 g/mol. The Morgan fingerprint density at radius 1 is 1.29 bits per heavy atom. The number of rotatable bonds is 3. The van der Waals surface area contributed by atoms with Crippen molar-refractivity contribution >= 4 is 11.7 Å². The predicted octanol–water partition coefficient (Wildman–Crippen LogP) is 1.97. The third kappa shape index (κ3) is 3.38. The number of aromatic nitrogens is 2. The van der Waals surface area contributed by atoms with E-state index in [1.807, 2.05) is 31.2 Å². The zero-order valence-corrected chi connectivity index (χ0v) is 9.55. The maximum atomic E-state index is 11.7. The van der Waals surface area contributed by atoms with E-state index in [1.165, 1.54) is 0 Å². The summed E-state index contributed by atoms with van der Waals surface area (Å²) in [6, 6.07) is 9.21. The minimum Gasteiger partial charge on any atom is -0.310 e. The Morgan fingerprint density at radius 3 is 2.88 bits per heavy atom. The number of anilines is 1. The third-order valence-corrected chi connectivity index (χ3v) is 2.24. The maximum absolute atomic E-state index is 11.7. The fraction of sp³-hybridized carbons (Fsp3) is 0.154. The Bertz CT molecular complexity index is 511. The van der Waals surface area contributed by atoms with Crippen LogP contribution in [0.3, 0.4) is 0 Å². The van der Waals surface area contributed by atoms with E-state index in [1.54, 1.807) is 18.5 Å². The molecule has 1 N–H and O–H groups in total. The van der Waals surface area contributed by atoms with Crippen LogP contribution in [0, 0.1) is 6.92 Å². The average molecular weight is 227 g/mol. The summed E-state index contributed by atoms with van der Waals surface area (Å²) in [5.74, 6) is 0.495. The summed E-state index contributed by atoms with van der Waals surface area (Å²) in [7, 11) is 0. The number of hydrogen-bond donors (Lipinski definition) is 1. The van der Waals surface area contributed by atoms with Crippen LogP contribution < -0.4 is 5.32 Å². The van der Waals surface area contributed by atoms with Gasteiger partial charge in [0.25, 0.3) is 0 Å². The first-order chi connectivity index (χ1) is 8.24. The van der Waals surface area contributed by atoms with E-state index in [4.69, 9.17) is 0 Å². The smallest absolute Gasteiger partial charge is 0.230 e. The summed E-state index contributed by atoms with van der Waals surface area (Å²) in [5, 5.41) is 2.75. The second kappa shape index (κ2) is 5.21. The Morgan fingerprint density at radius 2 is 2.18 bits per heavy atom. The molecule has 0 radical (unpaired) electrons. The van der Waals surface area contributed by atoms with Crippen LogP contribution in [-0.4, -0.2) is 15.9 Å². The topological polar surface area (TPSA) is 54.9 Å². The lowest BCUT2D eigenvalue weighted by atomic mass is 10.2. The average Bonchev–Trinajstić information content (AvgIpc) is 2.30. The molecule has 17 heavy (non-hydrogen) atoms. The van der Waals surface area contributed by atoms with Crippen molar-refractivity contribution in [3.8, 4) is 0 Å². The largest absolute Gasteiger partial charge is 0.310 e. The summed E-state index contributed by atoms with van der Waals surface area (Å²) in [6.45, 7) is 1.89. The fourth-order valence-electron chi connectivity index (χ4n) is 1.49. The SMILES string of the molecule is Cc1cccc(NC(=O)Cc2cccnc2)n1. The molecule has 2 rings (SSSR count). The molecule has 2 heterocycles. The van der Waals surface area contributed by atoms with Crippen LogP contribution in [0.4, 0.5) is 5.82 Å². The molecular formula is C13H13N3O. The van der Waals surface area contributed by atoms with Gasteiger partial charge in [0.15, 0.2) is 0 Å². The Hall–Kier alpha value is -2.23. The first-order valence-electron chi connectivity index (χ1n) is 5.36. The summed E-state index contributed by atoms with van der Waals surface area (Å²) in [5.41, 5.74) is 1.77. The minimum absolute atomic E-state index is 0.0869. The van der Waals surface area contributed by atoms with Crippen molar-refractivity contribution < 1.29 is 4.79 Å². The van der Waals surface area contributed by atoms with Crippen LogP contribution >= 0.6 is 0 Å². The molecule has 0 atom stereocenters. The van der Waals surface area contributed by atoms with Crippen molar-refractivity contribution in [3.05, 3.63) is 54.0 Å². The van der Waals surface area contributed by atoms with E-state index in [0.29, 0.717) is 12.2 Å². The lowest BCUT2D eigenvalue weighted by Crippen LogP contribution is -2.15. The number of nitrogens with one attached hydrogen (secondary N) is 1. The Balaban J connectivity index is 1.98. The molecule has 0 aromatic carbocycles. The standard InChI is InChI=1S/C13H13N3O/c1-10-4-2-6-12(15-10)16-13(17)8-11-5-3-7-14-9-11/h2-7,9H,8H2,1H3,(H,15,16,17). The molecule has 0 aliphatic carbocycles. The van der Waals surface area contributed by atoms with Gasteiger partial charge in [-0.15, -0.1) is 0 Å². The van der Waals surface area contributed by atoms with Gasteiger partial charge in [-0.25, -0.2) is 4.98 Å². The molecule has 4 nitrogen and oxygen atoms in total. The van der Waals surface area contributed by atoms with Crippen LogP contribution in [-0.2, 0) is 11.2 Å². The summed E-state index contributed by atoms with van der Waals surface area (Å²) in [4.78, 5) is 19.9. The number of carbonyl (C=O) groups excluding carboxylic acids is 1. The zero-order valence-electron chi connectivity index (χ0n) is 9.55. The van der Waals surface area contributed by atoms with Crippen LogP contribution in [0.1, 0.15) is 11.3 Å². The molecule has 2 aromatic heterocycles. The molecule has 0 bridgehead atoms. The maximum Gasteiger partial charge on any atom is 0.230 e. The second-order valence-corrected chi connectivity index (χ2v) is 3.75. The Labute approximate surface area is 99.7 Å². The van der Waals surface area contributed by atoms with Crippen LogP contribution in [0.2, 0.25) is 0 Å². The summed E-state index contributed by atoms with van der Waals surface area (Å²) >= 11 is 0. The second-order valence-electron chi connectivity index (χ2n) is 3.75. The number of nitrogens with zero attached hydrogens (tertiary/aromatic N) is 2. The van der Waals surface area contributed by atoms with Gasteiger partial charge in [-0.3, -0.25) is 9.78 Å². The van der Waals surface area contributed by atoms with Crippen molar-refractivity contribution in [1.29, 1.82) is 0 Å². The van der Waals surface area contributed by atoms with Gasteiger partial charge in [0.2, 0.25) is 5.91 Å². The van der Waals surface area contributed by atoms with E-state index in [9.17, 15) is 4.79 Å². The molecule has 0 aliphatic heterocycles. The highest BCUT2D eigenvalue weighted by atomic mass is 16.1. The monoisotopic (exact) mass is 227 g/mol. The molecule has 0 fully saturated rings. The van der Waals surface area contributed by atoms with Gasteiger partial charge in [-0.2, -0.15) is 0 Å². The summed E-state index contributed by atoms with van der Waals surface area (Å²) < 4.78 is 0. The van der Waals surface area contributed by atoms with Gasteiger partial charge < -0.3 is 5.32 Å². The quantitative estimate of drug-likeness (QED) is 0.872. The number of aryl methyl sites for hydroxylation is 1. The van der Waals surface area contributed by atoms with Crippen molar-refractivity contribution in [2.24, 2.45) is 0 Å². The first kappa shape index (κ1) is 11.3. The predicted molar refractivity (Wildman–Crippen MR) is 65.5 cm³/mol. The highest BCUT2D eigenvalue weighted by molar-refractivity contribution is 5.91. The Kier molecular flexibility index (Phi) is 3.45. The van der Waals surface area contributed by atoms with Crippen LogP contribution in [0.5, 0.6) is 0 Å². The lowest BCUT2D eigenvalue weighted by molar-refractivity contribution is -0.115. The van der Waals surface area contributed by atoms with Crippen molar-refractivity contribution in [3.63, 3.8) is 0 Å². The molecule has 0 spiro atoms. The van der Waals surface area contributed by atoms with Crippen LogP contribution in [0.15, 0.2) is 42.7 Å². The molecule has 2 aromatic rings. The van der Waals surface area contributed by atoms with Crippen LogP contribution in [0.25, 0.3) is 0 Å². The van der Waals surface area contributed by atoms with Gasteiger partial charge in [-0.05, 0) is 30.7 Å². The third-order valence-electron chi connectivity index (χ3n) is 2.24. The molecule has 0 unspecified atom stereocenters. The normalized spacial score (nSPS) is 9.94. The van der Waals surface area contributed by atoms with E-state index in [-0.39, 0.29) is 5.91 Å². The van der Waals surface area contributed by atoms with Gasteiger partial charge >= 0.3 is 0 Å². The highest BCUT2D eigenvalue weighted by Crippen LogP contribution is 2.05. The number of pyridine rings is 2. The summed E-state index contributed by atoms with van der Waals surface area (Å²) in [6.07, 6.45) is 3.68. The molecule has 4 heteroatoms. The minimum atomic E-state index is -0.0869. The van der Waals surface area contributed by atoms with E-state index in [0.717, 1.165) is 11.3 Å². The van der Waals surface area contributed by atoms with E-state index < -0.39 is 0 Å². The number of amides is 1. The fourth-order valence-corrected chi connectivity index (χ4v) is 1.49. The molecule has 0 aliphatic rings. The van der Waals surface area contributed by atoms with Gasteiger partial charge in [0.05, 0.1) is 6.42 Å². The molecule has 1 amide bonds. The molecule has 0 saturated heterocycles. The first-order valence-corrected chi connectivity index (χ1v) is 5.36. The molecule has 0 saturated carbocycles. The zero-order chi connectivity index (χ0) is 12.1. The van der Waals surface area contributed by atoms with E-state index in [2.05, 4.69) is 15.3 Å². The lowest BCUT2D eigenvalue weighted by Gasteiger charge is -2.04. The van der Waals surface area contributed by atoms with Crippen molar-refractivity contribution in [2.45, 2.75) is 13.3 Å². The van der Waals surface area contributed by atoms with Gasteiger partial charge in [-0.1, -0.05) is 12.1 Å². The van der Waals surface area contributed by atoms with Gasteiger partial charge in [0, 0.05) is 18.1 Å². The number of carbonyl (C=O) groups is 1. The van der Waals surface area contributed by atoms with Crippen molar-refractivity contribution in [2.75, 3.05) is 5.32 Å². The molecule has 86 valence electrons. The van der Waals surface area contributed by atoms with E-state index >= 15 is 0 Å². The van der Waals surface area contributed by atoms with Gasteiger partial charge in [0.1, 0.15) is 5.82 Å². The number of hydrogen-bond acceptors (Lipinski definition) is 3. The highest BCUT2D eigenvalue weighted by Gasteiger charge is 2.04.